The molecule has 2 rings (SSSR count). The largest absolute Gasteiger partial charge is 0.466 e. The van der Waals surface area contributed by atoms with Crippen molar-refractivity contribution in [2.24, 2.45) is 5.92 Å². The molecule has 1 aliphatic heterocycles. The Labute approximate surface area is 108 Å². The van der Waals surface area contributed by atoms with Crippen LogP contribution in [0.2, 0.25) is 0 Å². The third-order valence-electron chi connectivity index (χ3n) is 3.30. The number of hydrogen-bond acceptors (Lipinski definition) is 4. The molecule has 0 spiro atoms. The van der Waals surface area contributed by atoms with E-state index in [2.05, 4.69) is 11.0 Å². The fourth-order valence-electron chi connectivity index (χ4n) is 2.44. The van der Waals surface area contributed by atoms with Crippen LogP contribution in [-0.2, 0) is 16.0 Å². The Morgan fingerprint density at radius 3 is 3.06 bits per heavy atom. The number of para-hydroxylation sites is 1. The van der Waals surface area contributed by atoms with E-state index in [1.54, 1.807) is 0 Å². The summed E-state index contributed by atoms with van der Waals surface area (Å²) in [7, 11) is 0. The summed E-state index contributed by atoms with van der Waals surface area (Å²) in [6.07, 6.45) is 0.996. The van der Waals surface area contributed by atoms with Crippen LogP contribution >= 0.6 is 0 Å². The number of benzene rings is 1. The molecular formula is C14H20N2O2. The monoisotopic (exact) mass is 248 g/mol. The van der Waals surface area contributed by atoms with Crippen molar-refractivity contribution in [2.45, 2.75) is 20.3 Å². The number of nitrogen functional groups attached to an aromatic ring is 1. The first-order valence-electron chi connectivity index (χ1n) is 6.42. The third-order valence-corrected chi connectivity index (χ3v) is 3.30. The predicted octanol–water partition coefficient (Wildman–Crippen LogP) is 1.83. The Bertz CT molecular complexity index is 445. The van der Waals surface area contributed by atoms with Crippen molar-refractivity contribution in [3.63, 3.8) is 0 Å². The highest BCUT2D eigenvalue weighted by molar-refractivity contribution is 5.76. The second kappa shape index (κ2) is 5.29. The summed E-state index contributed by atoms with van der Waals surface area (Å²) in [5.74, 6) is -0.268. The van der Waals surface area contributed by atoms with Crippen LogP contribution in [0.25, 0.3) is 0 Å². The van der Waals surface area contributed by atoms with Gasteiger partial charge in [0.1, 0.15) is 0 Å². The van der Waals surface area contributed by atoms with E-state index in [0.717, 1.165) is 24.3 Å². The topological polar surface area (TPSA) is 55.6 Å². The van der Waals surface area contributed by atoms with Crippen molar-refractivity contribution in [3.8, 4) is 0 Å². The maximum Gasteiger partial charge on any atom is 0.310 e. The van der Waals surface area contributed by atoms with Crippen LogP contribution in [0.15, 0.2) is 18.2 Å². The third kappa shape index (κ3) is 2.42. The molecule has 1 atom stereocenters. The summed E-state index contributed by atoms with van der Waals surface area (Å²) in [6.45, 7) is 5.75. The van der Waals surface area contributed by atoms with Gasteiger partial charge in [-0.2, -0.15) is 0 Å². The molecule has 1 unspecified atom stereocenters. The van der Waals surface area contributed by atoms with E-state index in [1.165, 1.54) is 5.56 Å². The normalized spacial score (nSPS) is 15.3. The molecule has 0 fully saturated rings. The number of carbonyl (C=O) groups is 1. The Balaban J connectivity index is 2.08. The summed E-state index contributed by atoms with van der Waals surface area (Å²) in [5, 5.41) is 0. The molecule has 4 heteroatoms. The number of fused-ring (bicyclic) bond motifs is 1. The molecule has 0 amide bonds. The first kappa shape index (κ1) is 12.7. The first-order chi connectivity index (χ1) is 8.63. The van der Waals surface area contributed by atoms with Crippen molar-refractivity contribution in [1.29, 1.82) is 0 Å². The number of ether oxygens (including phenoxy) is 1. The minimum atomic E-state index is -0.138. The van der Waals surface area contributed by atoms with Gasteiger partial charge in [0.05, 0.1) is 23.9 Å². The number of anilines is 2. The number of carbonyl (C=O) groups excluding carboxylic acids is 1. The molecule has 0 aliphatic carbocycles. The van der Waals surface area contributed by atoms with Gasteiger partial charge in [0, 0.05) is 13.1 Å². The minimum Gasteiger partial charge on any atom is -0.466 e. The zero-order valence-electron chi connectivity index (χ0n) is 11.0. The molecule has 0 aromatic heterocycles. The van der Waals surface area contributed by atoms with E-state index in [1.807, 2.05) is 26.0 Å². The van der Waals surface area contributed by atoms with Gasteiger partial charge in [-0.05, 0) is 25.0 Å². The van der Waals surface area contributed by atoms with Gasteiger partial charge in [0.25, 0.3) is 0 Å². The number of rotatable bonds is 4. The van der Waals surface area contributed by atoms with E-state index < -0.39 is 0 Å². The molecule has 0 radical (unpaired) electrons. The Morgan fingerprint density at radius 1 is 1.56 bits per heavy atom. The van der Waals surface area contributed by atoms with E-state index in [0.29, 0.717) is 13.2 Å². The summed E-state index contributed by atoms with van der Waals surface area (Å²) in [6, 6.07) is 5.99. The summed E-state index contributed by atoms with van der Waals surface area (Å²) in [5.41, 5.74) is 9.17. The van der Waals surface area contributed by atoms with E-state index in [4.69, 9.17) is 10.5 Å². The molecule has 1 aromatic rings. The Kier molecular flexibility index (Phi) is 3.75. The van der Waals surface area contributed by atoms with Gasteiger partial charge in [-0.15, -0.1) is 0 Å². The maximum atomic E-state index is 11.6. The molecule has 1 aromatic carbocycles. The van der Waals surface area contributed by atoms with Crippen molar-refractivity contribution in [2.75, 3.05) is 30.3 Å². The highest BCUT2D eigenvalue weighted by Crippen LogP contribution is 2.33. The van der Waals surface area contributed by atoms with Crippen LogP contribution in [0.1, 0.15) is 19.4 Å². The van der Waals surface area contributed by atoms with Crippen molar-refractivity contribution in [3.05, 3.63) is 23.8 Å². The lowest BCUT2D eigenvalue weighted by atomic mass is 10.1. The minimum absolute atomic E-state index is 0.129. The van der Waals surface area contributed by atoms with Crippen LogP contribution in [0.3, 0.4) is 0 Å². The van der Waals surface area contributed by atoms with E-state index >= 15 is 0 Å². The zero-order valence-corrected chi connectivity index (χ0v) is 11.0. The lowest BCUT2D eigenvalue weighted by Gasteiger charge is -2.23. The number of esters is 1. The van der Waals surface area contributed by atoms with Gasteiger partial charge in [-0.1, -0.05) is 19.1 Å². The molecule has 1 aliphatic rings. The number of nitrogens with zero attached hydrogens (tertiary/aromatic N) is 1. The van der Waals surface area contributed by atoms with Gasteiger partial charge in [-0.3, -0.25) is 4.79 Å². The van der Waals surface area contributed by atoms with Gasteiger partial charge < -0.3 is 15.4 Å². The van der Waals surface area contributed by atoms with Crippen LogP contribution in [0.4, 0.5) is 11.4 Å². The highest BCUT2D eigenvalue weighted by atomic mass is 16.5. The fourth-order valence-corrected chi connectivity index (χ4v) is 2.44. The number of nitrogens with two attached hydrogens (primary N) is 1. The van der Waals surface area contributed by atoms with Gasteiger partial charge in [0.15, 0.2) is 0 Å². The molecule has 0 bridgehead atoms. The molecule has 18 heavy (non-hydrogen) atoms. The lowest BCUT2D eigenvalue weighted by molar-refractivity contribution is -0.147. The highest BCUT2D eigenvalue weighted by Gasteiger charge is 2.25. The lowest BCUT2D eigenvalue weighted by Crippen LogP contribution is -2.31. The van der Waals surface area contributed by atoms with Crippen LogP contribution in [-0.4, -0.2) is 25.7 Å². The molecule has 0 saturated heterocycles. The Hall–Kier alpha value is -1.71. The van der Waals surface area contributed by atoms with Crippen molar-refractivity contribution >= 4 is 17.3 Å². The Morgan fingerprint density at radius 2 is 2.33 bits per heavy atom. The summed E-state index contributed by atoms with van der Waals surface area (Å²) in [4.78, 5) is 13.8. The summed E-state index contributed by atoms with van der Waals surface area (Å²) < 4.78 is 5.04. The van der Waals surface area contributed by atoms with Crippen molar-refractivity contribution in [1.82, 2.24) is 0 Å². The zero-order chi connectivity index (χ0) is 13.1. The second-order valence-corrected chi connectivity index (χ2v) is 4.70. The van der Waals surface area contributed by atoms with Gasteiger partial charge in [-0.25, -0.2) is 0 Å². The van der Waals surface area contributed by atoms with Crippen molar-refractivity contribution < 1.29 is 9.53 Å². The smallest absolute Gasteiger partial charge is 0.310 e. The maximum absolute atomic E-state index is 11.6. The molecular weight excluding hydrogens is 228 g/mol. The quantitative estimate of drug-likeness (QED) is 0.652. The van der Waals surface area contributed by atoms with Crippen LogP contribution in [0, 0.1) is 5.92 Å². The molecule has 0 saturated carbocycles. The average molecular weight is 248 g/mol. The average Bonchev–Trinajstić information content (AvgIpc) is 2.74. The van der Waals surface area contributed by atoms with Gasteiger partial charge in [0.2, 0.25) is 0 Å². The van der Waals surface area contributed by atoms with E-state index in [-0.39, 0.29) is 11.9 Å². The predicted molar refractivity (Wildman–Crippen MR) is 72.6 cm³/mol. The van der Waals surface area contributed by atoms with Crippen LogP contribution in [0.5, 0.6) is 0 Å². The number of hydrogen-bond donors (Lipinski definition) is 1. The molecule has 2 N–H and O–H groups in total. The van der Waals surface area contributed by atoms with Gasteiger partial charge >= 0.3 is 5.97 Å². The second-order valence-electron chi connectivity index (χ2n) is 4.70. The summed E-state index contributed by atoms with van der Waals surface area (Å²) >= 11 is 0. The molecule has 98 valence electrons. The van der Waals surface area contributed by atoms with Crippen LogP contribution < -0.4 is 10.6 Å². The molecule has 4 nitrogen and oxygen atoms in total. The SMILES string of the molecule is CCOC(=O)C(C)CN1CCc2cccc(N)c21. The van der Waals surface area contributed by atoms with E-state index in [9.17, 15) is 4.79 Å². The molecule has 1 heterocycles. The standard InChI is InChI=1S/C14H20N2O2/c1-3-18-14(17)10(2)9-16-8-7-11-5-4-6-12(15)13(11)16/h4-6,10H,3,7-9,15H2,1-2H3. The fraction of sp³-hybridized carbons (Fsp3) is 0.500. The first-order valence-corrected chi connectivity index (χ1v) is 6.42.